The van der Waals surface area contributed by atoms with Crippen molar-refractivity contribution >= 4 is 12.0 Å². The zero-order valence-corrected chi connectivity index (χ0v) is 12.2. The monoisotopic (exact) mass is 284 g/mol. The standard InChI is InChI=1S/C14H24N2O4/c1-3-12-9-20-10(2)7-16(12)14(19)15-5-4-11(8-15)6-13(17)18/h10-12H,3-9H2,1-2H3,(H,17,18). The van der Waals surface area contributed by atoms with Crippen LogP contribution < -0.4 is 0 Å². The van der Waals surface area contributed by atoms with E-state index in [4.69, 9.17) is 9.84 Å². The van der Waals surface area contributed by atoms with E-state index in [1.807, 2.05) is 11.8 Å². The lowest BCUT2D eigenvalue weighted by atomic mass is 10.1. The predicted molar refractivity (Wildman–Crippen MR) is 73.5 cm³/mol. The van der Waals surface area contributed by atoms with E-state index in [2.05, 4.69) is 6.92 Å². The smallest absolute Gasteiger partial charge is 0.320 e. The van der Waals surface area contributed by atoms with Crippen LogP contribution in [0.1, 0.15) is 33.1 Å². The number of aliphatic carboxylic acids is 1. The fraction of sp³-hybridized carbons (Fsp3) is 0.857. The predicted octanol–water partition coefficient (Wildman–Crippen LogP) is 1.40. The molecule has 2 aliphatic rings. The fourth-order valence-electron chi connectivity index (χ4n) is 3.02. The molecule has 2 rings (SSSR count). The van der Waals surface area contributed by atoms with Gasteiger partial charge in [0, 0.05) is 26.1 Å². The summed E-state index contributed by atoms with van der Waals surface area (Å²) in [6.07, 6.45) is 1.89. The van der Waals surface area contributed by atoms with Crippen LogP contribution in [0.4, 0.5) is 4.79 Å². The van der Waals surface area contributed by atoms with Crippen molar-refractivity contribution in [1.29, 1.82) is 0 Å². The number of ether oxygens (including phenoxy) is 1. The molecule has 2 heterocycles. The molecule has 6 heteroatoms. The third-order valence-electron chi connectivity index (χ3n) is 4.20. The van der Waals surface area contributed by atoms with Crippen molar-refractivity contribution in [2.75, 3.05) is 26.2 Å². The van der Waals surface area contributed by atoms with Crippen molar-refractivity contribution in [1.82, 2.24) is 9.80 Å². The molecular weight excluding hydrogens is 260 g/mol. The summed E-state index contributed by atoms with van der Waals surface area (Å²) in [6, 6.07) is 0.178. The Balaban J connectivity index is 1.94. The number of amides is 2. The van der Waals surface area contributed by atoms with Gasteiger partial charge < -0.3 is 19.6 Å². The molecule has 3 unspecified atom stereocenters. The van der Waals surface area contributed by atoms with Crippen LogP contribution >= 0.6 is 0 Å². The number of hydrogen-bond donors (Lipinski definition) is 1. The molecule has 0 saturated carbocycles. The van der Waals surface area contributed by atoms with E-state index >= 15 is 0 Å². The summed E-state index contributed by atoms with van der Waals surface area (Å²) >= 11 is 0. The molecule has 2 fully saturated rings. The highest BCUT2D eigenvalue weighted by atomic mass is 16.5. The van der Waals surface area contributed by atoms with Crippen molar-refractivity contribution < 1.29 is 19.4 Å². The first-order chi connectivity index (χ1) is 9.51. The molecule has 1 N–H and O–H groups in total. The first-order valence-corrected chi connectivity index (χ1v) is 7.40. The Morgan fingerprint density at radius 1 is 1.35 bits per heavy atom. The average molecular weight is 284 g/mol. The van der Waals surface area contributed by atoms with Crippen molar-refractivity contribution in [2.24, 2.45) is 5.92 Å². The highest BCUT2D eigenvalue weighted by Gasteiger charge is 2.35. The van der Waals surface area contributed by atoms with Gasteiger partial charge in [-0.25, -0.2) is 4.79 Å². The van der Waals surface area contributed by atoms with Gasteiger partial charge in [0.25, 0.3) is 0 Å². The summed E-state index contributed by atoms with van der Waals surface area (Å²) in [4.78, 5) is 27.0. The minimum absolute atomic E-state index is 0.0416. The van der Waals surface area contributed by atoms with Crippen molar-refractivity contribution in [2.45, 2.75) is 45.3 Å². The summed E-state index contributed by atoms with van der Waals surface area (Å²) < 4.78 is 5.61. The highest BCUT2D eigenvalue weighted by molar-refractivity contribution is 5.75. The van der Waals surface area contributed by atoms with Gasteiger partial charge >= 0.3 is 12.0 Å². The molecule has 2 saturated heterocycles. The Morgan fingerprint density at radius 2 is 2.10 bits per heavy atom. The Morgan fingerprint density at radius 3 is 2.75 bits per heavy atom. The second-order valence-corrected chi connectivity index (χ2v) is 5.84. The summed E-state index contributed by atoms with van der Waals surface area (Å²) in [5, 5.41) is 8.83. The second kappa shape index (κ2) is 6.43. The molecule has 114 valence electrons. The van der Waals surface area contributed by atoms with Gasteiger partial charge in [0.2, 0.25) is 0 Å². The van der Waals surface area contributed by atoms with Crippen molar-refractivity contribution in [3.05, 3.63) is 0 Å². The molecule has 0 aromatic rings. The van der Waals surface area contributed by atoms with Gasteiger partial charge in [0.15, 0.2) is 0 Å². The Labute approximate surface area is 119 Å². The lowest BCUT2D eigenvalue weighted by Gasteiger charge is -2.40. The zero-order chi connectivity index (χ0) is 14.7. The number of carbonyl (C=O) groups is 2. The zero-order valence-electron chi connectivity index (χ0n) is 12.2. The Kier molecular flexibility index (Phi) is 4.86. The van der Waals surface area contributed by atoms with Crippen LogP contribution in [0.2, 0.25) is 0 Å². The van der Waals surface area contributed by atoms with Gasteiger partial charge in [0.05, 0.1) is 18.8 Å². The van der Waals surface area contributed by atoms with Gasteiger partial charge in [-0.1, -0.05) is 6.92 Å². The average Bonchev–Trinajstić information content (AvgIpc) is 2.85. The van der Waals surface area contributed by atoms with Crippen LogP contribution in [0.3, 0.4) is 0 Å². The summed E-state index contributed by atoms with van der Waals surface area (Å²) in [5.74, 6) is -0.689. The van der Waals surface area contributed by atoms with E-state index in [0.29, 0.717) is 26.2 Å². The number of carbonyl (C=O) groups excluding carboxylic acids is 1. The first-order valence-electron chi connectivity index (χ1n) is 7.40. The van der Waals surface area contributed by atoms with Crippen LogP contribution in [0.15, 0.2) is 0 Å². The third-order valence-corrected chi connectivity index (χ3v) is 4.20. The largest absolute Gasteiger partial charge is 0.481 e. The molecule has 2 aliphatic heterocycles. The van der Waals surface area contributed by atoms with Crippen LogP contribution in [0, 0.1) is 5.92 Å². The highest BCUT2D eigenvalue weighted by Crippen LogP contribution is 2.23. The van der Waals surface area contributed by atoms with E-state index in [1.54, 1.807) is 4.90 Å². The summed E-state index contributed by atoms with van der Waals surface area (Å²) in [5.41, 5.74) is 0. The Hall–Kier alpha value is -1.30. The topological polar surface area (TPSA) is 70.1 Å². The van der Waals surface area contributed by atoms with E-state index in [1.165, 1.54) is 0 Å². The number of carboxylic acids is 1. The molecular formula is C14H24N2O4. The molecule has 20 heavy (non-hydrogen) atoms. The SMILES string of the molecule is CCC1COC(C)CN1C(=O)N1CCC(CC(=O)O)C1. The van der Waals surface area contributed by atoms with E-state index in [-0.39, 0.29) is 30.5 Å². The molecule has 2 amide bonds. The quantitative estimate of drug-likeness (QED) is 0.850. The maximum atomic E-state index is 12.6. The molecule has 6 nitrogen and oxygen atoms in total. The van der Waals surface area contributed by atoms with Gasteiger partial charge in [-0.2, -0.15) is 0 Å². The van der Waals surface area contributed by atoms with Gasteiger partial charge in [0.1, 0.15) is 0 Å². The minimum Gasteiger partial charge on any atom is -0.481 e. The normalized spacial score (nSPS) is 30.6. The lowest BCUT2D eigenvalue weighted by molar-refractivity contribution is -0.138. The number of urea groups is 1. The van der Waals surface area contributed by atoms with Crippen molar-refractivity contribution in [3.8, 4) is 0 Å². The first kappa shape index (κ1) is 15.1. The number of rotatable bonds is 3. The minimum atomic E-state index is -0.782. The van der Waals surface area contributed by atoms with Crippen LogP contribution in [-0.4, -0.2) is 65.3 Å². The van der Waals surface area contributed by atoms with Crippen LogP contribution in [-0.2, 0) is 9.53 Å². The van der Waals surface area contributed by atoms with E-state index < -0.39 is 5.97 Å². The van der Waals surface area contributed by atoms with Gasteiger partial charge in [-0.15, -0.1) is 0 Å². The maximum absolute atomic E-state index is 12.6. The molecule has 3 atom stereocenters. The molecule has 0 radical (unpaired) electrons. The molecule has 0 aromatic heterocycles. The fourth-order valence-corrected chi connectivity index (χ4v) is 3.02. The maximum Gasteiger partial charge on any atom is 0.320 e. The number of likely N-dealkylation sites (tertiary alicyclic amines) is 1. The molecule has 0 aliphatic carbocycles. The van der Waals surface area contributed by atoms with E-state index in [0.717, 1.165) is 12.8 Å². The Bertz CT molecular complexity index is 374. The third kappa shape index (κ3) is 3.42. The lowest BCUT2D eigenvalue weighted by Crippen LogP contribution is -2.55. The summed E-state index contributed by atoms with van der Waals surface area (Å²) in [6.45, 7) is 6.48. The van der Waals surface area contributed by atoms with Crippen LogP contribution in [0.5, 0.6) is 0 Å². The number of morpholine rings is 1. The van der Waals surface area contributed by atoms with E-state index in [9.17, 15) is 9.59 Å². The molecule has 0 spiro atoms. The number of carboxylic acid groups (broad SMARTS) is 1. The summed E-state index contributed by atoms with van der Waals surface area (Å²) in [7, 11) is 0. The molecule has 0 aromatic carbocycles. The molecule has 0 bridgehead atoms. The number of hydrogen-bond acceptors (Lipinski definition) is 3. The van der Waals surface area contributed by atoms with Crippen LogP contribution in [0.25, 0.3) is 0 Å². The van der Waals surface area contributed by atoms with Gasteiger partial charge in [-0.3, -0.25) is 4.79 Å². The van der Waals surface area contributed by atoms with Gasteiger partial charge in [-0.05, 0) is 25.7 Å². The number of nitrogens with zero attached hydrogens (tertiary/aromatic N) is 2. The van der Waals surface area contributed by atoms with Crippen molar-refractivity contribution in [3.63, 3.8) is 0 Å². The second-order valence-electron chi connectivity index (χ2n) is 5.84.